The average Bonchev–Trinajstić information content (AvgIpc) is 2.68. The maximum atomic E-state index is 12.9. The maximum Gasteiger partial charge on any atom is 0.266 e. The van der Waals surface area contributed by atoms with Crippen LogP contribution in [0.2, 0.25) is 0 Å². The zero-order chi connectivity index (χ0) is 20.6. The van der Waals surface area contributed by atoms with Crippen molar-refractivity contribution in [1.29, 1.82) is 0 Å². The number of hydrogen-bond acceptors (Lipinski definition) is 5. The molecule has 0 unspecified atom stereocenters. The molecule has 0 aromatic heterocycles. The summed E-state index contributed by atoms with van der Waals surface area (Å²) in [6.07, 6.45) is 0. The molecule has 3 rings (SSSR count). The maximum absolute atomic E-state index is 12.9. The second-order valence-corrected chi connectivity index (χ2v) is 8.49. The van der Waals surface area contributed by atoms with Gasteiger partial charge in [-0.25, -0.2) is 8.42 Å². The minimum atomic E-state index is -3.94. The molecule has 2 aromatic rings. The third-order valence-corrected chi connectivity index (χ3v) is 6.82. The summed E-state index contributed by atoms with van der Waals surface area (Å²) in [7, 11) is -3.94. The molecule has 1 amide bonds. The summed E-state index contributed by atoms with van der Waals surface area (Å²) in [5.41, 5.74) is 6.78. The van der Waals surface area contributed by atoms with Crippen molar-refractivity contribution >= 4 is 15.9 Å². The predicted molar refractivity (Wildman–Crippen MR) is 105 cm³/mol. The predicted octanol–water partition coefficient (Wildman–Crippen LogP) is 2.62. The molecule has 0 aliphatic carbocycles. The molecule has 1 aliphatic rings. The number of nitrogens with one attached hydrogen (secondary N) is 2. The first kappa shape index (κ1) is 20.2. The molecule has 150 valence electrons. The average molecular weight is 404 g/mol. The molecular weight excluding hydrogens is 380 g/mol. The van der Waals surface area contributed by atoms with E-state index in [2.05, 4.69) is 10.3 Å². The lowest BCUT2D eigenvalue weighted by Crippen LogP contribution is -2.42. The molecule has 0 saturated carbocycles. The molecule has 1 aliphatic heterocycles. The fourth-order valence-corrected chi connectivity index (χ4v) is 4.73. The summed E-state index contributed by atoms with van der Waals surface area (Å²) >= 11 is 0. The van der Waals surface area contributed by atoms with Gasteiger partial charge in [0.1, 0.15) is 13.2 Å². The second kappa shape index (κ2) is 7.44. The van der Waals surface area contributed by atoms with Gasteiger partial charge < -0.3 is 9.47 Å². The van der Waals surface area contributed by atoms with Crippen LogP contribution in [0, 0.1) is 34.6 Å². The van der Waals surface area contributed by atoms with Gasteiger partial charge in [0.2, 0.25) is 0 Å². The molecule has 7 nitrogen and oxygen atoms in total. The molecule has 2 N–H and O–H groups in total. The number of rotatable bonds is 4. The summed E-state index contributed by atoms with van der Waals surface area (Å²) in [4.78, 5) is 14.8. The van der Waals surface area contributed by atoms with Crippen molar-refractivity contribution in [1.82, 2.24) is 10.3 Å². The van der Waals surface area contributed by atoms with Crippen LogP contribution >= 0.6 is 0 Å². The van der Waals surface area contributed by atoms with Gasteiger partial charge in [-0.1, -0.05) is 0 Å². The summed E-state index contributed by atoms with van der Waals surface area (Å²) in [6.45, 7) is 10.1. The van der Waals surface area contributed by atoms with E-state index in [-0.39, 0.29) is 10.5 Å². The Bertz CT molecular complexity index is 1030. The number of carbonyl (C=O) groups is 1. The Morgan fingerprint density at radius 1 is 0.857 bits per heavy atom. The highest BCUT2D eigenvalue weighted by atomic mass is 32.2. The van der Waals surface area contributed by atoms with Crippen LogP contribution in [0.4, 0.5) is 0 Å². The van der Waals surface area contributed by atoms with Crippen LogP contribution in [-0.2, 0) is 10.0 Å². The monoisotopic (exact) mass is 404 g/mol. The first-order valence-corrected chi connectivity index (χ1v) is 10.4. The fourth-order valence-electron chi connectivity index (χ4n) is 3.29. The fraction of sp³-hybridized carbons (Fsp3) is 0.350. The zero-order valence-corrected chi connectivity index (χ0v) is 17.4. The third-order valence-electron chi connectivity index (χ3n) is 5.30. The van der Waals surface area contributed by atoms with Crippen molar-refractivity contribution < 1.29 is 22.7 Å². The van der Waals surface area contributed by atoms with Crippen LogP contribution in [0.25, 0.3) is 0 Å². The van der Waals surface area contributed by atoms with Crippen LogP contribution in [0.1, 0.15) is 38.2 Å². The molecule has 0 fully saturated rings. The Hall–Kier alpha value is -2.58. The lowest BCUT2D eigenvalue weighted by molar-refractivity contribution is 0.0944. The van der Waals surface area contributed by atoms with E-state index in [0.29, 0.717) is 35.8 Å². The van der Waals surface area contributed by atoms with E-state index < -0.39 is 15.9 Å². The summed E-state index contributed by atoms with van der Waals surface area (Å²) < 4.78 is 36.6. The van der Waals surface area contributed by atoms with Gasteiger partial charge in [-0.2, -0.15) is 0 Å². The van der Waals surface area contributed by atoms with Gasteiger partial charge >= 0.3 is 0 Å². The van der Waals surface area contributed by atoms with E-state index in [0.717, 1.165) is 16.7 Å². The second-order valence-electron chi connectivity index (χ2n) is 6.87. The van der Waals surface area contributed by atoms with Gasteiger partial charge in [0.15, 0.2) is 11.5 Å². The van der Waals surface area contributed by atoms with Crippen LogP contribution in [0.3, 0.4) is 0 Å². The van der Waals surface area contributed by atoms with Gasteiger partial charge in [-0.15, -0.1) is 4.83 Å². The normalized spacial score (nSPS) is 13.3. The Kier molecular flexibility index (Phi) is 5.36. The largest absolute Gasteiger partial charge is 0.486 e. The van der Waals surface area contributed by atoms with E-state index in [1.54, 1.807) is 26.0 Å². The Morgan fingerprint density at radius 2 is 1.39 bits per heavy atom. The number of benzene rings is 2. The topological polar surface area (TPSA) is 93.7 Å². The van der Waals surface area contributed by atoms with E-state index in [1.165, 1.54) is 6.07 Å². The lowest BCUT2D eigenvalue weighted by Gasteiger charge is -2.20. The minimum Gasteiger partial charge on any atom is -0.486 e. The SMILES string of the molecule is Cc1c(C)c(C)c(S(=O)(=O)NNC(=O)c2ccc3c(c2)OCCO3)c(C)c1C. The van der Waals surface area contributed by atoms with Gasteiger partial charge in [0.25, 0.3) is 15.9 Å². The number of amides is 1. The van der Waals surface area contributed by atoms with Crippen LogP contribution < -0.4 is 19.7 Å². The molecular formula is C20H24N2O5S. The van der Waals surface area contributed by atoms with Crippen LogP contribution in [0.15, 0.2) is 23.1 Å². The molecule has 28 heavy (non-hydrogen) atoms. The number of carbonyl (C=O) groups excluding carboxylic acids is 1. The number of sulfonamides is 1. The molecule has 0 spiro atoms. The van der Waals surface area contributed by atoms with Crippen LogP contribution in [0.5, 0.6) is 11.5 Å². The summed E-state index contributed by atoms with van der Waals surface area (Å²) in [5.74, 6) is 0.426. The van der Waals surface area contributed by atoms with Crippen molar-refractivity contribution in [3.63, 3.8) is 0 Å². The molecule has 8 heteroatoms. The summed E-state index contributed by atoms with van der Waals surface area (Å²) in [5, 5.41) is 0. The number of hydrazine groups is 1. The van der Waals surface area contributed by atoms with Crippen molar-refractivity contribution in [2.24, 2.45) is 0 Å². The smallest absolute Gasteiger partial charge is 0.266 e. The third kappa shape index (κ3) is 3.57. The highest BCUT2D eigenvalue weighted by Gasteiger charge is 2.24. The minimum absolute atomic E-state index is 0.190. The highest BCUT2D eigenvalue weighted by Crippen LogP contribution is 2.31. The molecule has 0 atom stereocenters. The number of ether oxygens (including phenoxy) is 2. The van der Waals surface area contributed by atoms with Crippen molar-refractivity contribution in [2.45, 2.75) is 39.5 Å². The molecule has 0 saturated heterocycles. The molecule has 1 heterocycles. The molecule has 0 radical (unpaired) electrons. The van der Waals surface area contributed by atoms with Gasteiger partial charge in [-0.05, 0) is 80.6 Å². The van der Waals surface area contributed by atoms with Gasteiger partial charge in [0, 0.05) is 5.56 Å². The van der Waals surface area contributed by atoms with Crippen molar-refractivity contribution in [2.75, 3.05) is 13.2 Å². The molecule has 0 bridgehead atoms. The Morgan fingerprint density at radius 3 is 2.00 bits per heavy atom. The quantitative estimate of drug-likeness (QED) is 0.764. The van der Waals surface area contributed by atoms with E-state index in [9.17, 15) is 13.2 Å². The standard InChI is InChI=1S/C20H24N2O5S/c1-11-12(2)14(4)19(15(5)13(11)3)28(24,25)22-21-20(23)16-6-7-17-18(10-16)27-9-8-26-17/h6-7,10,22H,8-9H2,1-5H3,(H,21,23). The Balaban J connectivity index is 1.84. The van der Waals surface area contributed by atoms with Gasteiger partial charge in [0.05, 0.1) is 4.90 Å². The van der Waals surface area contributed by atoms with E-state index in [1.807, 2.05) is 20.8 Å². The van der Waals surface area contributed by atoms with Crippen molar-refractivity contribution in [3.05, 3.63) is 51.6 Å². The number of fused-ring (bicyclic) bond motifs is 1. The highest BCUT2D eigenvalue weighted by molar-refractivity contribution is 7.89. The van der Waals surface area contributed by atoms with Crippen LogP contribution in [-0.4, -0.2) is 27.5 Å². The first-order chi connectivity index (χ1) is 13.1. The Labute approximate surface area is 165 Å². The first-order valence-electron chi connectivity index (χ1n) is 8.92. The summed E-state index contributed by atoms with van der Waals surface area (Å²) in [6, 6.07) is 4.70. The van der Waals surface area contributed by atoms with Crippen molar-refractivity contribution in [3.8, 4) is 11.5 Å². The zero-order valence-electron chi connectivity index (χ0n) is 16.6. The lowest BCUT2D eigenvalue weighted by atomic mass is 9.95. The molecule has 2 aromatic carbocycles. The number of hydrogen-bond donors (Lipinski definition) is 2. The van der Waals surface area contributed by atoms with E-state index >= 15 is 0 Å². The van der Waals surface area contributed by atoms with E-state index in [4.69, 9.17) is 9.47 Å². The van der Waals surface area contributed by atoms with Gasteiger partial charge in [-0.3, -0.25) is 10.2 Å².